The first-order chi connectivity index (χ1) is 8.57. The quantitative estimate of drug-likeness (QED) is 0.849. The molecule has 0 spiro atoms. The van der Waals surface area contributed by atoms with E-state index in [9.17, 15) is 4.79 Å². The van der Waals surface area contributed by atoms with Crippen molar-refractivity contribution in [3.63, 3.8) is 0 Å². The maximum absolute atomic E-state index is 11.9. The van der Waals surface area contributed by atoms with Crippen LogP contribution in [0.4, 0.5) is 4.79 Å². The van der Waals surface area contributed by atoms with E-state index in [0.717, 1.165) is 18.4 Å². The van der Waals surface area contributed by atoms with E-state index >= 15 is 0 Å². The number of rotatable bonds is 3. The second kappa shape index (κ2) is 5.46. The number of urea groups is 1. The van der Waals surface area contributed by atoms with Gasteiger partial charge in [0.2, 0.25) is 0 Å². The normalized spacial score (nSPS) is 18.3. The number of nitrogens with one attached hydrogen (secondary N) is 2. The van der Waals surface area contributed by atoms with Crippen molar-refractivity contribution in [3.05, 3.63) is 24.0 Å². The molecular weight excluding hydrogens is 226 g/mol. The van der Waals surface area contributed by atoms with Crippen molar-refractivity contribution in [1.29, 1.82) is 0 Å². The zero-order chi connectivity index (χ0) is 13.0. The van der Waals surface area contributed by atoms with Gasteiger partial charge in [0.25, 0.3) is 0 Å². The maximum atomic E-state index is 11.9. The summed E-state index contributed by atoms with van der Waals surface area (Å²) in [6.07, 6.45) is 9.91. The lowest BCUT2D eigenvalue weighted by atomic mass is 9.83. The Morgan fingerprint density at radius 2 is 2.11 bits per heavy atom. The van der Waals surface area contributed by atoms with Gasteiger partial charge in [0.05, 0.1) is 0 Å². The van der Waals surface area contributed by atoms with Crippen LogP contribution in [0.15, 0.2) is 18.5 Å². The van der Waals surface area contributed by atoms with E-state index < -0.39 is 0 Å². The first-order valence-electron chi connectivity index (χ1n) is 6.74. The number of aromatic nitrogens is 1. The molecule has 100 valence electrons. The van der Waals surface area contributed by atoms with Gasteiger partial charge in [0.1, 0.15) is 0 Å². The van der Waals surface area contributed by atoms with Crippen LogP contribution in [0.5, 0.6) is 0 Å². The van der Waals surface area contributed by atoms with E-state index in [1.807, 2.05) is 30.1 Å². The lowest BCUT2D eigenvalue weighted by Crippen LogP contribution is -2.50. The third-order valence-electron chi connectivity index (χ3n) is 3.72. The standard InChI is InChI=1S/C14H23N3O/c1-14(7-4-3-5-8-14)16-13(18)15-10-12-6-9-17(2)11-12/h6,9,11H,3-5,7-8,10H2,1-2H3,(H2,15,16,18). The second-order valence-corrected chi connectivity index (χ2v) is 5.61. The van der Waals surface area contributed by atoms with Crippen molar-refractivity contribution >= 4 is 6.03 Å². The number of carbonyl (C=O) groups excluding carboxylic acids is 1. The van der Waals surface area contributed by atoms with Crippen LogP contribution in [-0.4, -0.2) is 16.1 Å². The van der Waals surface area contributed by atoms with Crippen LogP contribution in [0.3, 0.4) is 0 Å². The highest BCUT2D eigenvalue weighted by Gasteiger charge is 2.28. The highest BCUT2D eigenvalue weighted by molar-refractivity contribution is 5.74. The molecule has 1 aliphatic carbocycles. The molecule has 0 bridgehead atoms. The average molecular weight is 249 g/mol. The van der Waals surface area contributed by atoms with E-state index in [1.165, 1.54) is 19.3 Å². The van der Waals surface area contributed by atoms with Crippen LogP contribution in [0, 0.1) is 0 Å². The summed E-state index contributed by atoms with van der Waals surface area (Å²) in [5, 5.41) is 6.04. The van der Waals surface area contributed by atoms with Crippen molar-refractivity contribution in [1.82, 2.24) is 15.2 Å². The maximum Gasteiger partial charge on any atom is 0.315 e. The number of hydrogen-bond donors (Lipinski definition) is 2. The Balaban J connectivity index is 1.78. The van der Waals surface area contributed by atoms with Gasteiger partial charge in [0.15, 0.2) is 0 Å². The zero-order valence-electron chi connectivity index (χ0n) is 11.3. The molecule has 0 saturated heterocycles. The van der Waals surface area contributed by atoms with Crippen LogP contribution in [0.1, 0.15) is 44.6 Å². The summed E-state index contributed by atoms with van der Waals surface area (Å²) >= 11 is 0. The van der Waals surface area contributed by atoms with Gasteiger partial charge in [-0.2, -0.15) is 0 Å². The first-order valence-corrected chi connectivity index (χ1v) is 6.74. The molecule has 1 aromatic rings. The Kier molecular flexibility index (Phi) is 3.94. The SMILES string of the molecule is Cn1ccc(CNC(=O)NC2(C)CCCCC2)c1. The van der Waals surface area contributed by atoms with Crippen molar-refractivity contribution in [3.8, 4) is 0 Å². The molecule has 0 aromatic carbocycles. The number of hydrogen-bond acceptors (Lipinski definition) is 1. The molecule has 1 saturated carbocycles. The summed E-state index contributed by atoms with van der Waals surface area (Å²) in [5.41, 5.74) is 1.11. The van der Waals surface area contributed by atoms with Crippen LogP contribution in [-0.2, 0) is 13.6 Å². The summed E-state index contributed by atoms with van der Waals surface area (Å²) < 4.78 is 1.98. The number of aryl methyl sites for hydroxylation is 1. The monoisotopic (exact) mass is 249 g/mol. The smallest absolute Gasteiger partial charge is 0.315 e. The van der Waals surface area contributed by atoms with Gasteiger partial charge in [-0.1, -0.05) is 19.3 Å². The van der Waals surface area contributed by atoms with Crippen LogP contribution in [0.2, 0.25) is 0 Å². The van der Waals surface area contributed by atoms with Gasteiger partial charge in [-0.25, -0.2) is 4.79 Å². The van der Waals surface area contributed by atoms with E-state index in [4.69, 9.17) is 0 Å². The van der Waals surface area contributed by atoms with Crippen LogP contribution >= 0.6 is 0 Å². The minimum absolute atomic E-state index is 0.0149. The molecule has 18 heavy (non-hydrogen) atoms. The topological polar surface area (TPSA) is 46.1 Å². The highest BCUT2D eigenvalue weighted by atomic mass is 16.2. The van der Waals surface area contributed by atoms with Crippen molar-refractivity contribution in [2.24, 2.45) is 7.05 Å². The predicted molar refractivity (Wildman–Crippen MR) is 72.3 cm³/mol. The predicted octanol–water partition coefficient (Wildman–Crippen LogP) is 2.55. The Morgan fingerprint density at radius 1 is 1.39 bits per heavy atom. The molecule has 0 aliphatic heterocycles. The molecule has 1 heterocycles. The Hall–Kier alpha value is -1.45. The first kappa shape index (κ1) is 13.0. The minimum Gasteiger partial charge on any atom is -0.357 e. The third-order valence-corrected chi connectivity index (χ3v) is 3.72. The molecule has 2 amide bonds. The lowest BCUT2D eigenvalue weighted by Gasteiger charge is -2.34. The van der Waals surface area contributed by atoms with Crippen molar-refractivity contribution in [2.45, 2.75) is 51.1 Å². The van der Waals surface area contributed by atoms with Gasteiger partial charge in [0, 0.05) is 31.5 Å². The van der Waals surface area contributed by atoms with Gasteiger partial charge in [-0.15, -0.1) is 0 Å². The third kappa shape index (κ3) is 3.52. The summed E-state index contributed by atoms with van der Waals surface area (Å²) in [7, 11) is 1.98. The summed E-state index contributed by atoms with van der Waals surface area (Å²) in [6.45, 7) is 2.73. The fraction of sp³-hybridized carbons (Fsp3) is 0.643. The second-order valence-electron chi connectivity index (χ2n) is 5.61. The zero-order valence-corrected chi connectivity index (χ0v) is 11.3. The van der Waals surface area contributed by atoms with Gasteiger partial charge < -0.3 is 15.2 Å². The molecule has 2 N–H and O–H groups in total. The largest absolute Gasteiger partial charge is 0.357 e. The average Bonchev–Trinajstić information content (AvgIpc) is 2.73. The fourth-order valence-corrected chi connectivity index (χ4v) is 2.62. The number of carbonyl (C=O) groups is 1. The van der Waals surface area contributed by atoms with E-state index in [0.29, 0.717) is 6.54 Å². The molecule has 0 unspecified atom stereocenters. The van der Waals surface area contributed by atoms with E-state index in [1.54, 1.807) is 0 Å². The molecular formula is C14H23N3O. The van der Waals surface area contributed by atoms with Crippen LogP contribution < -0.4 is 10.6 Å². The Labute approximate surface area is 109 Å². The van der Waals surface area contributed by atoms with Gasteiger partial charge >= 0.3 is 6.03 Å². The lowest BCUT2D eigenvalue weighted by molar-refractivity contribution is 0.210. The number of nitrogens with zero attached hydrogens (tertiary/aromatic N) is 1. The number of amides is 2. The molecule has 0 radical (unpaired) electrons. The summed E-state index contributed by atoms with van der Waals surface area (Å²) in [6, 6.07) is 1.96. The molecule has 0 atom stereocenters. The molecule has 1 aromatic heterocycles. The summed E-state index contributed by atoms with van der Waals surface area (Å²) in [5.74, 6) is 0. The molecule has 4 nitrogen and oxygen atoms in total. The van der Waals surface area contributed by atoms with E-state index in [2.05, 4.69) is 17.6 Å². The van der Waals surface area contributed by atoms with Crippen LogP contribution in [0.25, 0.3) is 0 Å². The molecule has 1 fully saturated rings. The Morgan fingerprint density at radius 3 is 2.72 bits per heavy atom. The highest BCUT2D eigenvalue weighted by Crippen LogP contribution is 2.27. The summed E-state index contributed by atoms with van der Waals surface area (Å²) in [4.78, 5) is 11.9. The van der Waals surface area contributed by atoms with E-state index in [-0.39, 0.29) is 11.6 Å². The van der Waals surface area contributed by atoms with Gasteiger partial charge in [-0.3, -0.25) is 0 Å². The van der Waals surface area contributed by atoms with Gasteiger partial charge in [-0.05, 0) is 31.4 Å². The van der Waals surface area contributed by atoms with Crippen molar-refractivity contribution < 1.29 is 4.79 Å². The molecule has 2 rings (SSSR count). The van der Waals surface area contributed by atoms with Crippen molar-refractivity contribution in [2.75, 3.05) is 0 Å². The Bertz CT molecular complexity index is 405. The molecule has 1 aliphatic rings. The molecule has 4 heteroatoms. The fourth-order valence-electron chi connectivity index (χ4n) is 2.62. The minimum atomic E-state index is -0.0525.